The Hall–Kier alpha value is -6.38. The maximum atomic E-state index is 2.52. The minimum atomic E-state index is -0.235. The summed E-state index contributed by atoms with van der Waals surface area (Å²) in [5, 5.41) is 5.12. The van der Waals surface area contributed by atoms with Gasteiger partial charge in [0, 0.05) is 38.6 Å². The van der Waals surface area contributed by atoms with Crippen molar-refractivity contribution in [2.75, 3.05) is 4.90 Å². The summed E-state index contributed by atoms with van der Waals surface area (Å²) in [5.41, 5.74) is 18.6. The van der Waals surface area contributed by atoms with Crippen LogP contribution < -0.4 is 4.90 Å². The highest BCUT2D eigenvalue weighted by Crippen LogP contribution is 2.54. The van der Waals surface area contributed by atoms with Crippen LogP contribution in [0.5, 0.6) is 0 Å². The third-order valence-corrected chi connectivity index (χ3v) is 11.9. The van der Waals surface area contributed by atoms with Gasteiger partial charge in [0.25, 0.3) is 0 Å². The van der Waals surface area contributed by atoms with Gasteiger partial charge in [-0.1, -0.05) is 116 Å². The Morgan fingerprint density at radius 1 is 0.444 bits per heavy atom. The van der Waals surface area contributed by atoms with Gasteiger partial charge in [-0.3, -0.25) is 0 Å². The predicted molar refractivity (Wildman–Crippen MR) is 230 cm³/mol. The molecule has 2 heteroatoms. The first-order valence-electron chi connectivity index (χ1n) is 19.0. The molecule has 1 heterocycles. The molecular weight excluding hydrogens is 653 g/mol. The quantitative estimate of drug-likeness (QED) is 0.174. The first-order chi connectivity index (χ1) is 26.3. The van der Waals surface area contributed by atoms with Crippen molar-refractivity contribution in [2.24, 2.45) is 0 Å². The van der Waals surface area contributed by atoms with Gasteiger partial charge in [0.2, 0.25) is 0 Å². The normalized spacial score (nSPS) is 13.1. The summed E-state index contributed by atoms with van der Waals surface area (Å²) in [7, 11) is 0. The summed E-state index contributed by atoms with van der Waals surface area (Å²) < 4.78 is 2.52. The van der Waals surface area contributed by atoms with Gasteiger partial charge in [0.1, 0.15) is 0 Å². The van der Waals surface area contributed by atoms with Gasteiger partial charge in [0.15, 0.2) is 0 Å². The van der Waals surface area contributed by atoms with Crippen molar-refractivity contribution in [1.82, 2.24) is 4.57 Å². The summed E-state index contributed by atoms with van der Waals surface area (Å²) in [6.45, 7) is 11.4. The molecule has 260 valence electrons. The molecule has 0 radical (unpaired) electrons. The number of rotatable bonds is 5. The number of aromatic nitrogens is 1. The number of fused-ring (bicyclic) bond motifs is 8. The summed E-state index contributed by atoms with van der Waals surface area (Å²) in [6, 6.07) is 60.8. The maximum absolute atomic E-state index is 2.52. The van der Waals surface area contributed by atoms with Gasteiger partial charge in [-0.15, -0.1) is 0 Å². The standard InChI is InChI=1S/C52H42N2/c1-33-20-26-48-44(28-33)45-30-37(36-14-8-6-9-15-36)22-27-49(45)54(48)50-32-47-51(42-19-13-12-18-41(42)50)43-25-24-40(31-46(43)52(47,4)5)53(38-16-10-7-11-17-38)39-23-21-34(2)35(3)29-39/h6-32H,1-5H3. The lowest BCUT2D eigenvalue weighted by atomic mass is 9.81. The first-order valence-corrected chi connectivity index (χ1v) is 19.0. The molecule has 0 saturated carbocycles. The highest BCUT2D eigenvalue weighted by Gasteiger charge is 2.38. The van der Waals surface area contributed by atoms with Gasteiger partial charge in [-0.05, 0) is 137 Å². The highest BCUT2D eigenvalue weighted by atomic mass is 15.1. The Bertz CT molecular complexity index is 2930. The summed E-state index contributed by atoms with van der Waals surface area (Å²) >= 11 is 0. The van der Waals surface area contributed by atoms with Crippen molar-refractivity contribution in [2.45, 2.75) is 40.0 Å². The summed E-state index contributed by atoms with van der Waals surface area (Å²) in [6.07, 6.45) is 0. The topological polar surface area (TPSA) is 8.17 Å². The first kappa shape index (κ1) is 32.3. The van der Waals surface area contributed by atoms with Crippen molar-refractivity contribution in [3.63, 3.8) is 0 Å². The van der Waals surface area contributed by atoms with E-state index in [9.17, 15) is 0 Å². The fourth-order valence-corrected chi connectivity index (χ4v) is 8.97. The number of anilines is 3. The van der Waals surface area contributed by atoms with Crippen LogP contribution in [0.25, 0.3) is 60.5 Å². The third kappa shape index (κ3) is 4.87. The number of hydrogen-bond donors (Lipinski definition) is 0. The highest BCUT2D eigenvalue weighted by molar-refractivity contribution is 6.13. The lowest BCUT2D eigenvalue weighted by Crippen LogP contribution is -2.17. The van der Waals surface area contributed by atoms with Crippen molar-refractivity contribution in [3.05, 3.63) is 192 Å². The second kappa shape index (κ2) is 12.1. The maximum Gasteiger partial charge on any atom is 0.0544 e. The number of aryl methyl sites for hydroxylation is 3. The number of benzene rings is 8. The molecule has 8 aromatic carbocycles. The molecule has 0 atom stereocenters. The number of hydrogen-bond acceptors (Lipinski definition) is 1. The van der Waals surface area contributed by atoms with E-state index in [-0.39, 0.29) is 5.41 Å². The van der Waals surface area contributed by atoms with Crippen LogP contribution in [0.15, 0.2) is 164 Å². The second-order valence-corrected chi connectivity index (χ2v) is 15.6. The molecule has 0 bridgehead atoms. The zero-order valence-corrected chi connectivity index (χ0v) is 31.5. The van der Waals surface area contributed by atoms with Gasteiger partial charge >= 0.3 is 0 Å². The average molecular weight is 695 g/mol. The van der Waals surface area contributed by atoms with E-state index in [1.54, 1.807) is 0 Å². The Morgan fingerprint density at radius 3 is 1.85 bits per heavy atom. The van der Waals surface area contributed by atoms with E-state index < -0.39 is 0 Å². The molecule has 0 N–H and O–H groups in total. The molecule has 0 aliphatic heterocycles. The Labute approximate surface area is 317 Å². The second-order valence-electron chi connectivity index (χ2n) is 15.6. The zero-order chi connectivity index (χ0) is 36.7. The van der Waals surface area contributed by atoms with Crippen LogP contribution in [0, 0.1) is 20.8 Å². The van der Waals surface area contributed by atoms with Crippen LogP contribution in [0.4, 0.5) is 17.1 Å². The van der Waals surface area contributed by atoms with Crippen molar-refractivity contribution < 1.29 is 0 Å². The molecule has 10 rings (SSSR count). The van der Waals surface area contributed by atoms with Crippen LogP contribution in [0.1, 0.15) is 41.7 Å². The van der Waals surface area contributed by atoms with Gasteiger partial charge in [-0.25, -0.2) is 0 Å². The van der Waals surface area contributed by atoms with Gasteiger partial charge < -0.3 is 9.47 Å². The molecule has 1 aliphatic rings. The molecule has 54 heavy (non-hydrogen) atoms. The van der Waals surface area contributed by atoms with E-state index in [1.165, 1.54) is 99.7 Å². The molecule has 2 nitrogen and oxygen atoms in total. The van der Waals surface area contributed by atoms with E-state index in [0.717, 1.165) is 5.69 Å². The minimum absolute atomic E-state index is 0.235. The molecule has 0 saturated heterocycles. The molecular formula is C52H42N2. The molecule has 1 aliphatic carbocycles. The Morgan fingerprint density at radius 2 is 1.09 bits per heavy atom. The van der Waals surface area contributed by atoms with Crippen molar-refractivity contribution >= 4 is 49.6 Å². The number of para-hydroxylation sites is 1. The smallest absolute Gasteiger partial charge is 0.0544 e. The Kier molecular flexibility index (Phi) is 7.22. The average Bonchev–Trinajstić information content (AvgIpc) is 3.63. The van der Waals surface area contributed by atoms with Gasteiger partial charge in [-0.2, -0.15) is 0 Å². The third-order valence-electron chi connectivity index (χ3n) is 11.9. The fraction of sp³-hybridized carbons (Fsp3) is 0.115. The molecule has 0 fully saturated rings. The molecule has 0 unspecified atom stereocenters. The van der Waals surface area contributed by atoms with Crippen LogP contribution in [-0.2, 0) is 5.41 Å². The minimum Gasteiger partial charge on any atom is -0.310 e. The number of nitrogens with zero attached hydrogens (tertiary/aromatic N) is 2. The SMILES string of the molecule is Cc1ccc2c(c1)c1cc(-c3ccccc3)ccc1n2-c1cc2c(c3ccccc13)-c1ccc(N(c3ccccc3)c3ccc(C)c(C)c3)cc1C2(C)C. The molecule has 0 spiro atoms. The lowest BCUT2D eigenvalue weighted by molar-refractivity contribution is 0.660. The van der Waals surface area contributed by atoms with Gasteiger partial charge in [0.05, 0.1) is 16.7 Å². The zero-order valence-electron chi connectivity index (χ0n) is 31.5. The predicted octanol–water partition coefficient (Wildman–Crippen LogP) is 14.3. The summed E-state index contributed by atoms with van der Waals surface area (Å²) in [4.78, 5) is 2.40. The summed E-state index contributed by atoms with van der Waals surface area (Å²) in [5.74, 6) is 0. The fourth-order valence-electron chi connectivity index (χ4n) is 8.97. The van der Waals surface area contributed by atoms with E-state index >= 15 is 0 Å². The van der Waals surface area contributed by atoms with Crippen LogP contribution in [0.2, 0.25) is 0 Å². The van der Waals surface area contributed by atoms with Crippen molar-refractivity contribution in [1.29, 1.82) is 0 Å². The lowest BCUT2D eigenvalue weighted by Gasteiger charge is -2.28. The van der Waals surface area contributed by atoms with Crippen LogP contribution in [-0.4, -0.2) is 4.57 Å². The Balaban J connectivity index is 1.20. The van der Waals surface area contributed by atoms with E-state index in [4.69, 9.17) is 0 Å². The van der Waals surface area contributed by atoms with E-state index in [1.807, 2.05) is 0 Å². The molecule has 9 aromatic rings. The van der Waals surface area contributed by atoms with Crippen molar-refractivity contribution in [3.8, 4) is 27.9 Å². The molecule has 0 amide bonds. The van der Waals surface area contributed by atoms with E-state index in [2.05, 4.69) is 208 Å². The van der Waals surface area contributed by atoms with E-state index in [0.29, 0.717) is 0 Å². The van der Waals surface area contributed by atoms with Crippen LogP contribution in [0.3, 0.4) is 0 Å². The monoisotopic (exact) mass is 694 g/mol. The molecule has 1 aromatic heterocycles. The largest absolute Gasteiger partial charge is 0.310 e. The van der Waals surface area contributed by atoms with Crippen LogP contribution >= 0.6 is 0 Å².